The summed E-state index contributed by atoms with van der Waals surface area (Å²) in [7, 11) is 0. The molecule has 0 spiro atoms. The Morgan fingerprint density at radius 3 is 2.22 bits per heavy atom. The molecule has 3 rings (SSSR count). The van der Waals surface area contributed by atoms with Crippen molar-refractivity contribution in [3.63, 3.8) is 0 Å². The van der Waals surface area contributed by atoms with Crippen LogP contribution in [0.1, 0.15) is 90.8 Å². The van der Waals surface area contributed by atoms with Crippen LogP contribution in [0.5, 0.6) is 0 Å². The van der Waals surface area contributed by atoms with Crippen LogP contribution in [0, 0.1) is 25.2 Å². The van der Waals surface area contributed by atoms with Gasteiger partial charge < -0.3 is 14.7 Å². The molecule has 1 atom stereocenters. The molecule has 1 N–H and O–H groups in total. The maximum absolute atomic E-state index is 12.6. The van der Waals surface area contributed by atoms with Gasteiger partial charge in [-0.1, -0.05) is 39.8 Å². The Balaban J connectivity index is 2.15. The summed E-state index contributed by atoms with van der Waals surface area (Å²) in [5.74, 6) is 0.817. The van der Waals surface area contributed by atoms with Gasteiger partial charge in [0.15, 0.2) is 6.10 Å². The second-order valence-corrected chi connectivity index (χ2v) is 13.7. The summed E-state index contributed by atoms with van der Waals surface area (Å²) in [5.41, 5.74) is 5.03. The van der Waals surface area contributed by atoms with Gasteiger partial charge in [0.1, 0.15) is 0 Å². The highest BCUT2D eigenvalue weighted by Crippen LogP contribution is 2.45. The van der Waals surface area contributed by atoms with E-state index in [1.165, 1.54) is 11.3 Å². The van der Waals surface area contributed by atoms with Crippen molar-refractivity contribution in [3.8, 4) is 11.1 Å². The number of carboxylic acids is 1. The molecule has 0 aliphatic carbocycles. The van der Waals surface area contributed by atoms with E-state index >= 15 is 0 Å². The number of aryl methyl sites for hydroxylation is 2. The number of carboxylic acid groups (broad SMARTS) is 1. The van der Waals surface area contributed by atoms with Crippen LogP contribution in [0.2, 0.25) is 0 Å². The maximum atomic E-state index is 12.6. The molecule has 1 saturated heterocycles. The zero-order valence-corrected chi connectivity index (χ0v) is 25.1. The lowest BCUT2D eigenvalue weighted by molar-refractivity contribution is -0.160. The van der Waals surface area contributed by atoms with Crippen molar-refractivity contribution in [1.29, 1.82) is 0 Å². The highest BCUT2D eigenvalue weighted by atomic mass is 32.2. The van der Waals surface area contributed by atoms with Crippen LogP contribution in [-0.4, -0.2) is 40.5 Å². The lowest BCUT2D eigenvalue weighted by Gasteiger charge is -2.41. The number of aromatic nitrogens is 1. The standard InChI is InChI=1S/C31H46N2O3S/c1-20(2)14-19-37-24-12-10-23(11-13-24)25-21(3)32-22(4)26(28(29(34)35)36-30(5,6)7)27(25)33-17-15-31(8,9)16-18-33/h10-13,20,28H,14-19H2,1-9H3,(H,34,35). The number of ether oxygens (including phenoxy) is 1. The first kappa shape index (κ1) is 29.5. The van der Waals surface area contributed by atoms with Gasteiger partial charge in [-0.2, -0.15) is 0 Å². The third-order valence-corrected chi connectivity index (χ3v) is 8.12. The number of benzene rings is 1. The van der Waals surface area contributed by atoms with Crippen LogP contribution in [0.15, 0.2) is 29.2 Å². The Kier molecular flexibility index (Phi) is 9.39. The number of nitrogens with zero attached hydrogens (tertiary/aromatic N) is 2. The SMILES string of the molecule is Cc1nc(C)c(C(OC(C)(C)C)C(=O)O)c(N2CCC(C)(C)CC2)c1-c1ccc(SCCC(C)C)cc1. The zero-order valence-electron chi connectivity index (χ0n) is 24.3. The van der Waals surface area contributed by atoms with E-state index in [1.807, 2.05) is 46.4 Å². The Labute approximate surface area is 228 Å². The van der Waals surface area contributed by atoms with Crippen molar-refractivity contribution in [2.24, 2.45) is 11.3 Å². The molecular formula is C31H46N2O3S. The summed E-state index contributed by atoms with van der Waals surface area (Å²) >= 11 is 1.89. The van der Waals surface area contributed by atoms with E-state index in [1.54, 1.807) is 0 Å². The van der Waals surface area contributed by atoms with Crippen molar-refractivity contribution in [2.75, 3.05) is 23.7 Å². The molecule has 37 heavy (non-hydrogen) atoms. The van der Waals surface area contributed by atoms with Gasteiger partial charge in [-0.3, -0.25) is 4.98 Å². The quantitative estimate of drug-likeness (QED) is 0.333. The minimum absolute atomic E-state index is 0.275. The predicted molar refractivity (Wildman–Crippen MR) is 156 cm³/mol. The second-order valence-electron chi connectivity index (χ2n) is 12.6. The van der Waals surface area contributed by atoms with Crippen LogP contribution in [-0.2, 0) is 9.53 Å². The summed E-state index contributed by atoms with van der Waals surface area (Å²) in [4.78, 5) is 21.1. The first-order valence-corrected chi connectivity index (χ1v) is 14.6. The Hall–Kier alpha value is -2.05. The van der Waals surface area contributed by atoms with Crippen LogP contribution in [0.3, 0.4) is 0 Å². The van der Waals surface area contributed by atoms with Crippen molar-refractivity contribution < 1.29 is 14.6 Å². The molecule has 1 unspecified atom stereocenters. The van der Waals surface area contributed by atoms with Gasteiger partial charge in [-0.15, -0.1) is 11.8 Å². The number of hydrogen-bond acceptors (Lipinski definition) is 5. The molecule has 0 bridgehead atoms. The summed E-state index contributed by atoms with van der Waals surface area (Å²) in [6.07, 6.45) is 2.20. The minimum atomic E-state index is -1.09. The van der Waals surface area contributed by atoms with E-state index in [2.05, 4.69) is 56.9 Å². The molecule has 5 nitrogen and oxygen atoms in total. The summed E-state index contributed by atoms with van der Waals surface area (Å²) in [6.45, 7) is 20.5. The largest absolute Gasteiger partial charge is 0.479 e. The number of carbonyl (C=O) groups is 1. The molecule has 2 heterocycles. The van der Waals surface area contributed by atoms with Crippen molar-refractivity contribution >= 4 is 23.4 Å². The van der Waals surface area contributed by atoms with Crippen LogP contribution in [0.25, 0.3) is 11.1 Å². The second kappa shape index (κ2) is 11.8. The smallest absolute Gasteiger partial charge is 0.337 e. The van der Waals surface area contributed by atoms with E-state index < -0.39 is 17.7 Å². The topological polar surface area (TPSA) is 62.7 Å². The van der Waals surface area contributed by atoms with Gasteiger partial charge in [0.05, 0.1) is 11.3 Å². The molecule has 0 radical (unpaired) electrons. The fraction of sp³-hybridized carbons (Fsp3) is 0.613. The lowest BCUT2D eigenvalue weighted by atomic mass is 9.82. The average Bonchev–Trinajstić information content (AvgIpc) is 2.77. The Morgan fingerprint density at radius 1 is 1.11 bits per heavy atom. The third-order valence-electron chi connectivity index (χ3n) is 7.08. The molecule has 204 valence electrons. The van der Waals surface area contributed by atoms with Crippen molar-refractivity contribution in [2.45, 2.75) is 98.2 Å². The molecule has 0 saturated carbocycles. The third kappa shape index (κ3) is 7.73. The monoisotopic (exact) mass is 526 g/mol. The summed E-state index contributed by atoms with van der Waals surface area (Å²) in [6, 6.07) is 8.70. The molecule has 0 amide bonds. The molecule has 1 aliphatic rings. The predicted octanol–water partition coefficient (Wildman–Crippen LogP) is 8.07. The molecular weight excluding hydrogens is 480 g/mol. The van der Waals surface area contributed by atoms with E-state index in [4.69, 9.17) is 9.72 Å². The van der Waals surface area contributed by atoms with E-state index in [0.29, 0.717) is 11.5 Å². The van der Waals surface area contributed by atoms with Crippen molar-refractivity contribution in [3.05, 3.63) is 41.2 Å². The van der Waals surface area contributed by atoms with Crippen LogP contribution < -0.4 is 4.90 Å². The van der Waals surface area contributed by atoms with Crippen molar-refractivity contribution in [1.82, 2.24) is 4.98 Å². The first-order chi connectivity index (χ1) is 17.2. The fourth-order valence-electron chi connectivity index (χ4n) is 4.89. The van der Waals surface area contributed by atoms with Crippen LogP contribution in [0.4, 0.5) is 5.69 Å². The Bertz CT molecular complexity index is 1080. The maximum Gasteiger partial charge on any atom is 0.337 e. The van der Waals surface area contributed by atoms with Gasteiger partial charge in [0, 0.05) is 40.5 Å². The van der Waals surface area contributed by atoms with Gasteiger partial charge >= 0.3 is 5.97 Å². The summed E-state index contributed by atoms with van der Waals surface area (Å²) < 4.78 is 6.18. The molecule has 1 aromatic heterocycles. The number of hydrogen-bond donors (Lipinski definition) is 1. The molecule has 6 heteroatoms. The molecule has 1 fully saturated rings. The minimum Gasteiger partial charge on any atom is -0.479 e. The highest BCUT2D eigenvalue weighted by molar-refractivity contribution is 7.99. The molecule has 2 aromatic rings. The number of rotatable bonds is 9. The molecule has 1 aliphatic heterocycles. The number of anilines is 1. The van der Waals surface area contributed by atoms with Gasteiger partial charge in [0.2, 0.25) is 0 Å². The number of piperidine rings is 1. The first-order valence-electron chi connectivity index (χ1n) is 13.6. The summed E-state index contributed by atoms with van der Waals surface area (Å²) in [5, 5.41) is 10.3. The van der Waals surface area contributed by atoms with Gasteiger partial charge in [0.25, 0.3) is 0 Å². The van der Waals surface area contributed by atoms with E-state index in [0.717, 1.165) is 59.9 Å². The van der Waals surface area contributed by atoms with E-state index in [-0.39, 0.29) is 5.41 Å². The van der Waals surface area contributed by atoms with Gasteiger partial charge in [-0.25, -0.2) is 4.79 Å². The highest BCUT2D eigenvalue weighted by Gasteiger charge is 2.36. The van der Waals surface area contributed by atoms with E-state index in [9.17, 15) is 9.90 Å². The average molecular weight is 527 g/mol. The fourth-order valence-corrected chi connectivity index (χ4v) is 6.04. The number of aliphatic carboxylic acids is 1. The van der Waals surface area contributed by atoms with Gasteiger partial charge in [-0.05, 0) is 88.7 Å². The lowest BCUT2D eigenvalue weighted by Crippen LogP contribution is -2.39. The number of pyridine rings is 1. The number of thioether (sulfide) groups is 1. The normalized spacial score (nSPS) is 16.8. The van der Waals surface area contributed by atoms with Crippen LogP contribution >= 0.6 is 11.8 Å². The zero-order chi connectivity index (χ0) is 27.5. The molecule has 1 aromatic carbocycles. The Morgan fingerprint density at radius 2 is 1.70 bits per heavy atom.